The minimum atomic E-state index is -1.45. The fourth-order valence-corrected chi connectivity index (χ4v) is 14.0. The number of carbonyl (C=O) groups is 3. The van der Waals surface area contributed by atoms with Gasteiger partial charge in [0.25, 0.3) is 0 Å². The molecule has 0 amide bonds. The molecule has 6 aliphatic carbocycles. The number of esters is 3. The monoisotopic (exact) mass is 833 g/mol. The van der Waals surface area contributed by atoms with Crippen LogP contribution in [-0.2, 0) is 23.8 Å². The normalized spacial score (nSPS) is 41.1. The molecule has 0 aromatic heterocycles. The molecule has 5 fully saturated rings. The maximum Gasteiger partial charge on any atom is 0.338 e. The Morgan fingerprint density at radius 2 is 1.43 bits per heavy atom. The average molecular weight is 833 g/mol. The van der Waals surface area contributed by atoms with Crippen LogP contribution in [0.5, 0.6) is 0 Å². The number of hydrogen-bond acceptors (Lipinski definition) is 9. The predicted octanol–water partition coefficient (Wildman–Crippen LogP) is 9.56. The van der Waals surface area contributed by atoms with E-state index < -0.39 is 70.8 Å². The van der Waals surface area contributed by atoms with Gasteiger partial charge in [-0.25, -0.2) is 4.79 Å². The lowest BCUT2D eigenvalue weighted by atomic mass is 9.48. The average Bonchev–Trinajstić information content (AvgIpc) is 3.37. The molecule has 9 heteroatoms. The molecule has 5 saturated carbocycles. The van der Waals surface area contributed by atoms with Gasteiger partial charge >= 0.3 is 17.9 Å². The number of benzene rings is 1. The number of rotatable bonds is 5. The van der Waals surface area contributed by atoms with Crippen molar-refractivity contribution in [2.45, 2.75) is 183 Å². The number of aliphatic hydroxyl groups is 3. The quantitative estimate of drug-likeness (QED) is 0.150. The van der Waals surface area contributed by atoms with Gasteiger partial charge in [-0.1, -0.05) is 85.6 Å². The van der Waals surface area contributed by atoms with E-state index in [1.54, 1.807) is 58.0 Å². The maximum absolute atomic E-state index is 13.6. The van der Waals surface area contributed by atoms with Gasteiger partial charge in [-0.15, -0.1) is 0 Å². The molecular weight excluding hydrogens is 757 g/mol. The highest BCUT2D eigenvalue weighted by Gasteiger charge is 2.69. The first-order valence-corrected chi connectivity index (χ1v) is 23.0. The van der Waals surface area contributed by atoms with Gasteiger partial charge in [0.05, 0.1) is 28.8 Å². The largest absolute Gasteiger partial charge is 0.462 e. The summed E-state index contributed by atoms with van der Waals surface area (Å²) >= 11 is 0. The highest BCUT2D eigenvalue weighted by Crippen LogP contribution is 2.65. The molecule has 60 heavy (non-hydrogen) atoms. The molecule has 9 nitrogen and oxygen atoms in total. The molecule has 2 bridgehead atoms. The van der Waals surface area contributed by atoms with Crippen molar-refractivity contribution in [1.29, 1.82) is 0 Å². The van der Waals surface area contributed by atoms with E-state index in [1.165, 1.54) is 65.2 Å². The third-order valence-corrected chi connectivity index (χ3v) is 17.7. The van der Waals surface area contributed by atoms with Gasteiger partial charge in [-0.3, -0.25) is 9.59 Å². The summed E-state index contributed by atoms with van der Waals surface area (Å²) in [5.74, 6) is 2.33. The Balaban J connectivity index is 0.000000251. The Hall–Kier alpha value is -3.01. The molecule has 0 saturated heterocycles. The van der Waals surface area contributed by atoms with Crippen molar-refractivity contribution in [1.82, 2.24) is 0 Å². The molecule has 1 aromatic carbocycles. The van der Waals surface area contributed by atoms with Crippen LogP contribution in [0.15, 0.2) is 53.6 Å². The first-order chi connectivity index (χ1) is 27.9. The van der Waals surface area contributed by atoms with Crippen molar-refractivity contribution in [2.75, 3.05) is 0 Å². The number of aliphatic hydroxyl groups excluding tert-OH is 2. The SMILES string of the molecule is C=C1[C@H]2C[C@]3(C(C)(C)O)C[C@H](O)C(C)=C3[C@@H](OC(=O)c3ccccc3)[C@H](OC(C)=O)[C@]2(C)[C@@H](OC(C)=O)C[C@@H]1O.C[C@@H]1CCC[C@@]2(C)CC[C@H]3[C@H](C)CC[C@@H](C[C@H]12)C3(C)C. The summed E-state index contributed by atoms with van der Waals surface area (Å²) < 4.78 is 18.0. The highest BCUT2D eigenvalue weighted by molar-refractivity contribution is 5.89. The Labute approximate surface area is 360 Å². The zero-order valence-electron chi connectivity index (χ0n) is 38.5. The molecule has 0 heterocycles. The second kappa shape index (κ2) is 16.9. The zero-order valence-corrected chi connectivity index (χ0v) is 38.5. The first kappa shape index (κ1) is 46.5. The van der Waals surface area contributed by atoms with Crippen LogP contribution in [0.1, 0.15) is 157 Å². The topological polar surface area (TPSA) is 140 Å². The van der Waals surface area contributed by atoms with Crippen molar-refractivity contribution in [2.24, 2.45) is 57.2 Å². The third kappa shape index (κ3) is 8.18. The molecule has 1 aromatic rings. The number of carbonyl (C=O) groups excluding carboxylic acids is 3. The van der Waals surface area contributed by atoms with E-state index in [9.17, 15) is 29.7 Å². The van der Waals surface area contributed by atoms with Crippen molar-refractivity contribution >= 4 is 17.9 Å². The van der Waals surface area contributed by atoms with Crippen LogP contribution in [0, 0.1) is 57.2 Å². The third-order valence-electron chi connectivity index (χ3n) is 17.7. The minimum Gasteiger partial charge on any atom is -0.462 e. The fourth-order valence-electron chi connectivity index (χ4n) is 14.0. The Bertz CT molecular complexity index is 1810. The van der Waals surface area contributed by atoms with Crippen LogP contribution >= 0.6 is 0 Å². The molecule has 6 aliphatic rings. The van der Waals surface area contributed by atoms with Gasteiger partial charge in [0.2, 0.25) is 0 Å². The lowest BCUT2D eigenvalue weighted by molar-refractivity contribution is -0.195. The summed E-state index contributed by atoms with van der Waals surface area (Å²) in [5, 5.41) is 34.0. The van der Waals surface area contributed by atoms with E-state index in [0.29, 0.717) is 27.5 Å². The van der Waals surface area contributed by atoms with Crippen LogP contribution in [0.25, 0.3) is 0 Å². The number of ether oxygens (including phenoxy) is 3. The number of hydrogen-bond donors (Lipinski definition) is 3. The smallest absolute Gasteiger partial charge is 0.338 e. The second-order valence-electron chi connectivity index (χ2n) is 21.8. The van der Waals surface area contributed by atoms with Gasteiger partial charge in [0, 0.05) is 25.7 Å². The fraction of sp³-hybridized carbons (Fsp3) is 0.745. The van der Waals surface area contributed by atoms with Crippen LogP contribution in [-0.4, -0.2) is 69.3 Å². The lowest BCUT2D eigenvalue weighted by Crippen LogP contribution is -2.60. The van der Waals surface area contributed by atoms with Crippen molar-refractivity contribution in [3.05, 3.63) is 59.2 Å². The molecule has 0 spiro atoms. The van der Waals surface area contributed by atoms with Crippen LogP contribution in [0.2, 0.25) is 0 Å². The summed E-state index contributed by atoms with van der Waals surface area (Å²) in [6.45, 7) is 26.4. The zero-order chi connectivity index (χ0) is 44.3. The summed E-state index contributed by atoms with van der Waals surface area (Å²) in [4.78, 5) is 38.5. The van der Waals surface area contributed by atoms with E-state index in [-0.39, 0.29) is 24.8 Å². The summed E-state index contributed by atoms with van der Waals surface area (Å²) in [6.07, 6.45) is 6.90. The molecule has 0 aliphatic heterocycles. The Morgan fingerprint density at radius 3 is 2.05 bits per heavy atom. The Morgan fingerprint density at radius 1 is 0.800 bits per heavy atom. The summed E-state index contributed by atoms with van der Waals surface area (Å²) in [6, 6.07) is 8.34. The van der Waals surface area contributed by atoms with E-state index in [0.717, 1.165) is 29.6 Å². The van der Waals surface area contributed by atoms with Gasteiger partial charge in [0.15, 0.2) is 12.2 Å². The van der Waals surface area contributed by atoms with Crippen LogP contribution in [0.3, 0.4) is 0 Å². The lowest BCUT2D eigenvalue weighted by Gasteiger charge is -2.57. The van der Waals surface area contributed by atoms with Gasteiger partial charge in [-0.05, 0) is 141 Å². The van der Waals surface area contributed by atoms with Crippen LogP contribution in [0.4, 0.5) is 0 Å². The molecule has 0 unspecified atom stereocenters. The van der Waals surface area contributed by atoms with E-state index >= 15 is 0 Å². The standard InChI is InChI=1S/C31H40O9.C20H36/c1-16-21-14-31(29(5,6)37)15-23(35)17(2)25(31)26(40-28(36)20-11-9-8-10-12-20)27(39-19(4)33)30(21,7)24(13-22(16)34)38-18(3)32;1-14-7-6-11-20(5)12-10-17-15(2)8-9-16(13-18(14)20)19(17,3)4/h8-12,21-24,26-27,34-35,37H,1,13-15H2,2-7H3;14-18H,6-13H2,1-5H3/t21-,22+,23+,24+,26-,27+,30+,31+;14-,15-,16+,17+,18-,20+/m11/s1. The van der Waals surface area contributed by atoms with E-state index in [1.807, 2.05) is 0 Å². The molecule has 7 rings (SSSR count). The molecule has 334 valence electrons. The Kier molecular flexibility index (Phi) is 13.1. The molecule has 3 N–H and O–H groups in total. The van der Waals surface area contributed by atoms with Gasteiger partial charge in [-0.2, -0.15) is 0 Å². The van der Waals surface area contributed by atoms with Gasteiger partial charge < -0.3 is 29.5 Å². The molecule has 14 atom stereocenters. The van der Waals surface area contributed by atoms with Crippen LogP contribution < -0.4 is 0 Å². The number of fused-ring (bicyclic) bond motifs is 5. The van der Waals surface area contributed by atoms with Crippen molar-refractivity contribution in [3.63, 3.8) is 0 Å². The minimum absolute atomic E-state index is 0.00129. The van der Waals surface area contributed by atoms with E-state index in [2.05, 4.69) is 41.2 Å². The second-order valence-corrected chi connectivity index (χ2v) is 21.8. The van der Waals surface area contributed by atoms with Crippen molar-refractivity contribution < 1.29 is 43.9 Å². The first-order valence-electron chi connectivity index (χ1n) is 23.0. The van der Waals surface area contributed by atoms with Gasteiger partial charge in [0.1, 0.15) is 6.10 Å². The summed E-state index contributed by atoms with van der Waals surface area (Å²) in [5.41, 5.74) is -0.927. The maximum atomic E-state index is 13.6. The molecular formula is C51H76O9. The highest BCUT2D eigenvalue weighted by atomic mass is 16.6. The van der Waals surface area contributed by atoms with E-state index in [4.69, 9.17) is 14.2 Å². The predicted molar refractivity (Wildman–Crippen MR) is 232 cm³/mol. The molecule has 0 radical (unpaired) electrons. The summed E-state index contributed by atoms with van der Waals surface area (Å²) in [7, 11) is 0. The van der Waals surface area contributed by atoms with Crippen molar-refractivity contribution in [3.8, 4) is 0 Å².